The van der Waals surface area contributed by atoms with Crippen LogP contribution in [0.3, 0.4) is 0 Å². The minimum absolute atomic E-state index is 0.0723. The van der Waals surface area contributed by atoms with Crippen molar-refractivity contribution in [2.75, 3.05) is 6.54 Å². The normalized spacial score (nSPS) is 39.7. The van der Waals surface area contributed by atoms with Crippen LogP contribution in [0.1, 0.15) is 98.8 Å². The number of aliphatic hydroxyl groups excluding tert-OH is 1. The second-order valence-electron chi connectivity index (χ2n) is 11.9. The van der Waals surface area contributed by atoms with Crippen molar-refractivity contribution in [2.45, 2.75) is 105 Å². The lowest BCUT2D eigenvalue weighted by molar-refractivity contribution is 0.0239. The molecule has 30 heavy (non-hydrogen) atoms. The lowest BCUT2D eigenvalue weighted by atomic mass is 9.50. The van der Waals surface area contributed by atoms with Gasteiger partial charge in [0, 0.05) is 17.7 Å². The Kier molecular flexibility index (Phi) is 6.12. The molecule has 1 heterocycles. The maximum absolute atomic E-state index is 10.3. The fourth-order valence-corrected chi connectivity index (χ4v) is 7.66. The van der Waals surface area contributed by atoms with Gasteiger partial charge in [0.2, 0.25) is 0 Å². The Hall–Kier alpha value is -0.890. The van der Waals surface area contributed by atoms with Gasteiger partial charge in [-0.3, -0.25) is 4.99 Å². The Balaban J connectivity index is 1.58. The van der Waals surface area contributed by atoms with E-state index in [4.69, 9.17) is 4.99 Å². The first-order chi connectivity index (χ1) is 14.2. The molecule has 2 heteroatoms. The van der Waals surface area contributed by atoms with E-state index in [0.29, 0.717) is 17.3 Å². The topological polar surface area (TPSA) is 32.6 Å². The van der Waals surface area contributed by atoms with Crippen LogP contribution in [-0.2, 0) is 0 Å². The molecule has 4 aliphatic rings. The molecule has 6 atom stereocenters. The van der Waals surface area contributed by atoms with Crippen LogP contribution in [0, 0.1) is 34.5 Å². The van der Waals surface area contributed by atoms with Crippen molar-refractivity contribution >= 4 is 5.71 Å². The first-order valence-corrected chi connectivity index (χ1v) is 12.8. The largest absolute Gasteiger partial charge is 0.393 e. The number of fused-ring (bicyclic) bond motifs is 4. The van der Waals surface area contributed by atoms with Crippen LogP contribution in [0.2, 0.25) is 0 Å². The van der Waals surface area contributed by atoms with Crippen LogP contribution in [0.15, 0.2) is 28.3 Å². The fraction of sp³-hybridized carbons (Fsp3) is 0.821. The van der Waals surface area contributed by atoms with Crippen LogP contribution in [0.5, 0.6) is 0 Å². The molecule has 0 amide bonds. The van der Waals surface area contributed by atoms with Crippen molar-refractivity contribution in [2.24, 2.45) is 39.5 Å². The highest BCUT2D eigenvalue weighted by Crippen LogP contribution is 2.60. The minimum atomic E-state index is -0.0723. The molecule has 4 rings (SSSR count). The van der Waals surface area contributed by atoms with Crippen LogP contribution >= 0.6 is 0 Å². The van der Waals surface area contributed by atoms with Crippen LogP contribution in [0.4, 0.5) is 0 Å². The van der Waals surface area contributed by atoms with Crippen molar-refractivity contribution in [1.29, 1.82) is 0 Å². The number of aliphatic hydroxyl groups is 1. The average molecular weight is 412 g/mol. The van der Waals surface area contributed by atoms with Crippen molar-refractivity contribution in [3.63, 3.8) is 0 Å². The summed E-state index contributed by atoms with van der Waals surface area (Å²) >= 11 is 0. The zero-order chi connectivity index (χ0) is 21.7. The van der Waals surface area contributed by atoms with Gasteiger partial charge in [-0.15, -0.1) is 0 Å². The van der Waals surface area contributed by atoms with Crippen molar-refractivity contribution < 1.29 is 5.11 Å². The van der Waals surface area contributed by atoms with Crippen LogP contribution in [0.25, 0.3) is 0 Å². The summed E-state index contributed by atoms with van der Waals surface area (Å²) < 4.78 is 0. The fourth-order valence-electron chi connectivity index (χ4n) is 7.66. The summed E-state index contributed by atoms with van der Waals surface area (Å²) in [6.07, 6.45) is 11.8. The third kappa shape index (κ3) is 3.65. The monoisotopic (exact) mass is 411 g/mol. The molecular formula is C28H45NO. The lowest BCUT2D eigenvalue weighted by Crippen LogP contribution is -2.50. The van der Waals surface area contributed by atoms with E-state index in [1.54, 1.807) is 11.1 Å². The van der Waals surface area contributed by atoms with Crippen LogP contribution in [-0.4, -0.2) is 23.5 Å². The Labute approximate surface area is 185 Å². The van der Waals surface area contributed by atoms with Crippen molar-refractivity contribution in [1.82, 2.24) is 0 Å². The molecule has 3 aliphatic carbocycles. The molecule has 1 N–H and O–H groups in total. The quantitative estimate of drug-likeness (QED) is 0.479. The second-order valence-corrected chi connectivity index (χ2v) is 11.9. The van der Waals surface area contributed by atoms with E-state index >= 15 is 0 Å². The molecule has 1 aliphatic heterocycles. The molecule has 168 valence electrons. The summed E-state index contributed by atoms with van der Waals surface area (Å²) in [6, 6.07) is 0. The Morgan fingerprint density at radius 1 is 1.10 bits per heavy atom. The first-order valence-electron chi connectivity index (χ1n) is 12.8. The number of allylic oxidation sites excluding steroid dienone is 3. The number of nitrogens with zero attached hydrogens (tertiary/aromatic N) is 1. The summed E-state index contributed by atoms with van der Waals surface area (Å²) in [5.74, 6) is 2.75. The third-order valence-corrected chi connectivity index (χ3v) is 9.92. The van der Waals surface area contributed by atoms with Gasteiger partial charge in [-0.05, 0) is 98.9 Å². The molecule has 0 aromatic heterocycles. The van der Waals surface area contributed by atoms with Gasteiger partial charge in [0.1, 0.15) is 0 Å². The van der Waals surface area contributed by atoms with Gasteiger partial charge < -0.3 is 5.11 Å². The Morgan fingerprint density at radius 2 is 1.87 bits per heavy atom. The number of hydrogen-bond acceptors (Lipinski definition) is 2. The van der Waals surface area contributed by atoms with Gasteiger partial charge in [0.05, 0.1) is 6.10 Å². The third-order valence-electron chi connectivity index (χ3n) is 9.92. The molecule has 1 saturated carbocycles. The van der Waals surface area contributed by atoms with E-state index in [-0.39, 0.29) is 11.5 Å². The van der Waals surface area contributed by atoms with E-state index in [9.17, 15) is 5.11 Å². The first kappa shape index (κ1) is 22.3. The highest BCUT2D eigenvalue weighted by molar-refractivity contribution is 6.06. The van der Waals surface area contributed by atoms with Gasteiger partial charge in [-0.1, -0.05) is 52.3 Å². The highest BCUT2D eigenvalue weighted by Gasteiger charge is 2.52. The number of rotatable bonds is 5. The molecule has 2 nitrogen and oxygen atoms in total. The van der Waals surface area contributed by atoms with Gasteiger partial charge in [-0.25, -0.2) is 0 Å². The summed E-state index contributed by atoms with van der Waals surface area (Å²) in [5.41, 5.74) is 6.87. The molecule has 0 radical (unpaired) electrons. The van der Waals surface area contributed by atoms with E-state index < -0.39 is 0 Å². The Bertz CT molecular complexity index is 746. The number of hydrogen-bond donors (Lipinski definition) is 1. The highest BCUT2D eigenvalue weighted by atomic mass is 16.3. The zero-order valence-electron chi connectivity index (χ0n) is 20.3. The molecule has 0 unspecified atom stereocenters. The van der Waals surface area contributed by atoms with Gasteiger partial charge in [0.25, 0.3) is 0 Å². The summed E-state index contributed by atoms with van der Waals surface area (Å²) in [4.78, 5) is 5.24. The summed E-state index contributed by atoms with van der Waals surface area (Å²) in [7, 11) is 0. The predicted molar refractivity (Wildman–Crippen MR) is 128 cm³/mol. The molecular weight excluding hydrogens is 366 g/mol. The summed E-state index contributed by atoms with van der Waals surface area (Å²) in [5, 5.41) is 10.3. The van der Waals surface area contributed by atoms with E-state index in [1.807, 2.05) is 0 Å². The van der Waals surface area contributed by atoms with Gasteiger partial charge in [-0.2, -0.15) is 0 Å². The molecule has 0 bridgehead atoms. The standard InChI is InChI=1S/C28H45NO/c1-18(2)19(3)7-8-20(4)24-13-16-29-26-23-10-9-21-17-22(30)11-14-27(21,5)25(23)12-15-28(24,26)6/h18,20-22,24,30H,3,7-17H2,1-2,4-6H3/t20-,21+,22+,24-,27+,28-/m1/s1. The van der Waals surface area contributed by atoms with Gasteiger partial charge in [0.15, 0.2) is 0 Å². The van der Waals surface area contributed by atoms with E-state index in [1.165, 1.54) is 62.7 Å². The van der Waals surface area contributed by atoms with Crippen molar-refractivity contribution in [3.05, 3.63) is 23.3 Å². The SMILES string of the molecule is C=C(CC[C@@H](C)[C@H]1CCN=C2C3=C(CC[C@@]21C)[C@@]1(C)CC[C@H](O)C[C@@H]1CC3)C(C)C. The lowest BCUT2D eigenvalue weighted by Gasteiger charge is -2.55. The van der Waals surface area contributed by atoms with Crippen LogP contribution < -0.4 is 0 Å². The molecule has 0 spiro atoms. The molecule has 0 aromatic carbocycles. The van der Waals surface area contributed by atoms with Gasteiger partial charge >= 0.3 is 0 Å². The van der Waals surface area contributed by atoms with Crippen molar-refractivity contribution in [3.8, 4) is 0 Å². The molecule has 0 aromatic rings. The molecule has 0 saturated heterocycles. The predicted octanol–water partition coefficient (Wildman–Crippen LogP) is 7.13. The minimum Gasteiger partial charge on any atom is -0.393 e. The Morgan fingerprint density at radius 3 is 2.60 bits per heavy atom. The van der Waals surface area contributed by atoms with E-state index in [0.717, 1.165) is 31.2 Å². The maximum Gasteiger partial charge on any atom is 0.0543 e. The second kappa shape index (κ2) is 8.23. The smallest absolute Gasteiger partial charge is 0.0543 e. The van der Waals surface area contributed by atoms with E-state index in [2.05, 4.69) is 41.2 Å². The average Bonchev–Trinajstić information content (AvgIpc) is 2.71. The molecule has 1 fully saturated rings. The zero-order valence-corrected chi connectivity index (χ0v) is 20.3. The summed E-state index contributed by atoms with van der Waals surface area (Å²) in [6.45, 7) is 17.4. The number of aliphatic imine (C=N–C) groups is 1. The maximum atomic E-state index is 10.3.